The highest BCUT2D eigenvalue weighted by Gasteiger charge is 2.47. The van der Waals surface area contributed by atoms with Gasteiger partial charge in [-0.3, -0.25) is 14.5 Å². The molecule has 0 aliphatic carbocycles. The highest BCUT2D eigenvalue weighted by atomic mass is 79.9. The smallest absolute Gasteiger partial charge is 0.300 e. The Balaban J connectivity index is 1.62. The van der Waals surface area contributed by atoms with Gasteiger partial charge in [-0.2, -0.15) is 0 Å². The zero-order valence-corrected chi connectivity index (χ0v) is 21.2. The van der Waals surface area contributed by atoms with E-state index in [9.17, 15) is 19.1 Å². The van der Waals surface area contributed by atoms with Crippen molar-refractivity contribution in [2.75, 3.05) is 30.0 Å². The molecule has 6 nitrogen and oxygen atoms in total. The number of anilines is 2. The van der Waals surface area contributed by atoms with Gasteiger partial charge in [0.05, 0.1) is 23.2 Å². The lowest BCUT2D eigenvalue weighted by Gasteiger charge is -2.26. The Morgan fingerprint density at radius 3 is 2.22 bits per heavy atom. The molecule has 2 aliphatic heterocycles. The van der Waals surface area contributed by atoms with Crippen LogP contribution in [0, 0.1) is 5.82 Å². The van der Waals surface area contributed by atoms with Gasteiger partial charge in [-0.05, 0) is 88.9 Å². The minimum absolute atomic E-state index is 0.0627. The molecule has 8 heteroatoms. The van der Waals surface area contributed by atoms with Gasteiger partial charge in [-0.1, -0.05) is 12.1 Å². The van der Waals surface area contributed by atoms with Crippen LogP contribution in [-0.4, -0.2) is 37.0 Å². The van der Waals surface area contributed by atoms with Gasteiger partial charge in [0, 0.05) is 30.0 Å². The van der Waals surface area contributed by atoms with E-state index in [1.165, 1.54) is 36.3 Å². The van der Waals surface area contributed by atoms with Gasteiger partial charge in [0.25, 0.3) is 11.7 Å². The standard InChI is InChI=1S/C28H24BrFN2O4/c1-36-23-13-6-18(16-22(23)29)26(33)24-25(17-4-7-19(30)8-5-17)32(28(35)27(24)34)21-11-9-20(10-12-21)31-14-2-3-15-31/h4-13,16,25,33H,2-3,14-15H2,1H3/b26-24-. The number of ether oxygens (including phenoxy) is 1. The van der Waals surface area contributed by atoms with Crippen molar-refractivity contribution in [3.63, 3.8) is 0 Å². The summed E-state index contributed by atoms with van der Waals surface area (Å²) < 4.78 is 19.6. The molecule has 0 saturated carbocycles. The van der Waals surface area contributed by atoms with E-state index in [1.54, 1.807) is 30.3 Å². The molecule has 3 aromatic rings. The van der Waals surface area contributed by atoms with Crippen molar-refractivity contribution in [3.05, 3.63) is 93.7 Å². The van der Waals surface area contributed by atoms with E-state index in [1.807, 2.05) is 12.1 Å². The molecule has 0 bridgehead atoms. The van der Waals surface area contributed by atoms with Gasteiger partial charge >= 0.3 is 0 Å². The van der Waals surface area contributed by atoms with Crippen LogP contribution in [0.25, 0.3) is 5.76 Å². The topological polar surface area (TPSA) is 70.1 Å². The molecule has 2 heterocycles. The first-order chi connectivity index (χ1) is 17.4. The largest absolute Gasteiger partial charge is 0.507 e. The van der Waals surface area contributed by atoms with Crippen molar-refractivity contribution < 1.29 is 23.8 Å². The van der Waals surface area contributed by atoms with E-state index < -0.39 is 23.5 Å². The van der Waals surface area contributed by atoms with Crippen molar-refractivity contribution in [2.45, 2.75) is 18.9 Å². The third-order valence-electron chi connectivity index (χ3n) is 6.65. The highest BCUT2D eigenvalue weighted by molar-refractivity contribution is 9.10. The van der Waals surface area contributed by atoms with Gasteiger partial charge in [0.15, 0.2) is 0 Å². The molecular formula is C28H24BrFN2O4. The Kier molecular flexibility index (Phi) is 6.53. The molecule has 0 aromatic heterocycles. The summed E-state index contributed by atoms with van der Waals surface area (Å²) in [5.74, 6) is -1.77. The predicted molar refractivity (Wildman–Crippen MR) is 140 cm³/mol. The molecule has 2 aliphatic rings. The number of benzene rings is 3. The van der Waals surface area contributed by atoms with Gasteiger partial charge in [0.2, 0.25) is 0 Å². The van der Waals surface area contributed by atoms with E-state index >= 15 is 0 Å². The number of rotatable bonds is 5. The molecule has 3 aromatic carbocycles. The van der Waals surface area contributed by atoms with E-state index in [-0.39, 0.29) is 11.3 Å². The SMILES string of the molecule is COc1ccc(/C(O)=C2/C(=O)C(=O)N(c3ccc(N4CCCC4)cc3)C2c2ccc(F)cc2)cc1Br. The van der Waals surface area contributed by atoms with Crippen LogP contribution in [0.15, 0.2) is 76.8 Å². The van der Waals surface area contributed by atoms with Gasteiger partial charge in [-0.15, -0.1) is 0 Å². The quantitative estimate of drug-likeness (QED) is 0.246. The number of methoxy groups -OCH3 is 1. The second-order valence-corrected chi connectivity index (χ2v) is 9.63. The Labute approximate surface area is 216 Å². The molecule has 5 rings (SSSR count). The fraction of sp³-hybridized carbons (Fsp3) is 0.214. The van der Waals surface area contributed by atoms with Crippen LogP contribution < -0.4 is 14.5 Å². The summed E-state index contributed by atoms with van der Waals surface area (Å²) >= 11 is 3.40. The monoisotopic (exact) mass is 550 g/mol. The average molecular weight is 551 g/mol. The first kappa shape index (κ1) is 24.1. The fourth-order valence-electron chi connectivity index (χ4n) is 4.83. The summed E-state index contributed by atoms with van der Waals surface area (Å²) in [6.45, 7) is 1.97. The van der Waals surface area contributed by atoms with Crippen LogP contribution in [0.2, 0.25) is 0 Å². The number of Topliss-reactive ketones (excluding diaryl/α,β-unsaturated/α-hetero) is 1. The van der Waals surface area contributed by atoms with Crippen LogP contribution in [0.5, 0.6) is 5.75 Å². The summed E-state index contributed by atoms with van der Waals surface area (Å²) in [6.07, 6.45) is 2.28. The Bertz CT molecular complexity index is 1350. The van der Waals surface area contributed by atoms with Crippen LogP contribution in [0.4, 0.5) is 15.8 Å². The molecule has 2 fully saturated rings. The van der Waals surface area contributed by atoms with E-state index in [0.29, 0.717) is 27.0 Å². The Hall–Kier alpha value is -3.65. The highest BCUT2D eigenvalue weighted by Crippen LogP contribution is 2.43. The summed E-state index contributed by atoms with van der Waals surface area (Å²) in [7, 11) is 1.52. The number of hydrogen-bond donors (Lipinski definition) is 1. The number of carbonyl (C=O) groups excluding carboxylic acids is 2. The maximum absolute atomic E-state index is 13.7. The van der Waals surface area contributed by atoms with Gasteiger partial charge in [0.1, 0.15) is 17.3 Å². The lowest BCUT2D eigenvalue weighted by molar-refractivity contribution is -0.132. The van der Waals surface area contributed by atoms with Crippen molar-refractivity contribution in [1.29, 1.82) is 0 Å². The normalized spacial score (nSPS) is 19.2. The lowest BCUT2D eigenvalue weighted by atomic mass is 9.95. The van der Waals surface area contributed by atoms with Crippen molar-refractivity contribution >= 4 is 44.8 Å². The Morgan fingerprint density at radius 2 is 1.61 bits per heavy atom. The second kappa shape index (κ2) is 9.78. The molecule has 0 radical (unpaired) electrons. The van der Waals surface area contributed by atoms with Crippen molar-refractivity contribution in [1.82, 2.24) is 0 Å². The maximum atomic E-state index is 13.7. The molecule has 184 valence electrons. The molecule has 0 spiro atoms. The zero-order chi connectivity index (χ0) is 25.4. The van der Waals surface area contributed by atoms with Crippen molar-refractivity contribution in [2.24, 2.45) is 0 Å². The molecule has 1 amide bonds. The van der Waals surface area contributed by atoms with Gasteiger partial charge in [-0.25, -0.2) is 4.39 Å². The molecular weight excluding hydrogens is 527 g/mol. The van der Waals surface area contributed by atoms with Crippen molar-refractivity contribution in [3.8, 4) is 5.75 Å². The number of nitrogens with zero attached hydrogens (tertiary/aromatic N) is 2. The lowest BCUT2D eigenvalue weighted by Crippen LogP contribution is -2.29. The van der Waals surface area contributed by atoms with E-state index in [4.69, 9.17) is 4.74 Å². The number of hydrogen-bond acceptors (Lipinski definition) is 5. The number of ketones is 1. The minimum atomic E-state index is -0.927. The summed E-state index contributed by atoms with van der Waals surface area (Å²) in [5, 5.41) is 11.3. The molecule has 1 N–H and O–H groups in total. The first-order valence-electron chi connectivity index (χ1n) is 11.6. The second-order valence-electron chi connectivity index (χ2n) is 8.78. The predicted octanol–water partition coefficient (Wildman–Crippen LogP) is 5.82. The Morgan fingerprint density at radius 1 is 0.972 bits per heavy atom. The number of aliphatic hydroxyl groups excluding tert-OH is 1. The maximum Gasteiger partial charge on any atom is 0.300 e. The summed E-state index contributed by atoms with van der Waals surface area (Å²) in [5.41, 5.74) is 2.36. The van der Waals surface area contributed by atoms with Crippen LogP contribution in [-0.2, 0) is 9.59 Å². The molecule has 36 heavy (non-hydrogen) atoms. The number of aliphatic hydroxyl groups is 1. The number of amides is 1. The van der Waals surface area contributed by atoms with E-state index in [0.717, 1.165) is 31.6 Å². The molecule has 2 saturated heterocycles. The number of halogens is 2. The third kappa shape index (κ3) is 4.26. The number of carbonyl (C=O) groups is 2. The molecule has 1 atom stereocenters. The third-order valence-corrected chi connectivity index (χ3v) is 7.27. The fourth-order valence-corrected chi connectivity index (χ4v) is 5.37. The summed E-state index contributed by atoms with van der Waals surface area (Å²) in [4.78, 5) is 30.3. The average Bonchev–Trinajstić information content (AvgIpc) is 3.51. The summed E-state index contributed by atoms with van der Waals surface area (Å²) in [6, 6.07) is 17.0. The van der Waals surface area contributed by atoms with Crippen LogP contribution in [0.3, 0.4) is 0 Å². The van der Waals surface area contributed by atoms with Gasteiger partial charge < -0.3 is 14.7 Å². The van der Waals surface area contributed by atoms with Crippen LogP contribution in [0.1, 0.15) is 30.0 Å². The minimum Gasteiger partial charge on any atom is -0.507 e. The zero-order valence-electron chi connectivity index (χ0n) is 19.6. The van der Waals surface area contributed by atoms with Crippen LogP contribution >= 0.6 is 15.9 Å². The first-order valence-corrected chi connectivity index (χ1v) is 12.4. The van der Waals surface area contributed by atoms with E-state index in [2.05, 4.69) is 20.8 Å². The molecule has 1 unspecified atom stereocenters.